The number of anilines is 1. The molecule has 3 N–H and O–H groups in total. The number of hydrogen-bond acceptors (Lipinski definition) is 9. The van der Waals surface area contributed by atoms with Crippen molar-refractivity contribution in [2.24, 2.45) is 0 Å². The molecule has 260 valence electrons. The number of likely N-dealkylation sites (tertiary alicyclic amines) is 2. The summed E-state index contributed by atoms with van der Waals surface area (Å²) in [5.74, 6) is -0.0639. The van der Waals surface area contributed by atoms with Crippen LogP contribution in [0.1, 0.15) is 36.2 Å². The number of nitrogens with two attached hydrogens (primary N) is 1. The zero-order valence-corrected chi connectivity index (χ0v) is 27.5. The number of nitrogens with zero attached hydrogens (tertiary/aromatic N) is 5. The van der Waals surface area contributed by atoms with Gasteiger partial charge in [0.1, 0.15) is 24.5 Å². The maximum absolute atomic E-state index is 13.4. The number of nitrogens with one attached hydrogen (secondary N) is 1. The molecule has 1 aromatic heterocycles. The van der Waals surface area contributed by atoms with E-state index < -0.39 is 10.8 Å². The molecule has 0 unspecified atom stereocenters. The van der Waals surface area contributed by atoms with E-state index >= 15 is 0 Å². The third kappa shape index (κ3) is 8.20. The number of hydrogen-bond donors (Lipinski definition) is 2. The van der Waals surface area contributed by atoms with Gasteiger partial charge < -0.3 is 30.3 Å². The Morgan fingerprint density at radius 1 is 0.800 bits per heavy atom. The fourth-order valence-electron chi connectivity index (χ4n) is 6.18. The van der Waals surface area contributed by atoms with Crippen molar-refractivity contribution in [3.63, 3.8) is 0 Å². The topological polar surface area (TPSA) is 175 Å². The molecule has 14 nitrogen and oxygen atoms in total. The number of carbonyl (C=O) groups excluding carboxylic acids is 3. The first-order valence-electron chi connectivity index (χ1n) is 16.6. The van der Waals surface area contributed by atoms with Crippen LogP contribution in [0.2, 0.25) is 0 Å². The van der Waals surface area contributed by atoms with Gasteiger partial charge >= 0.3 is 5.69 Å². The van der Waals surface area contributed by atoms with Crippen LogP contribution in [0, 0.1) is 10.1 Å². The lowest BCUT2D eigenvalue weighted by molar-refractivity contribution is -0.386. The maximum atomic E-state index is 13.4. The van der Waals surface area contributed by atoms with Gasteiger partial charge in [0.2, 0.25) is 11.8 Å². The summed E-state index contributed by atoms with van der Waals surface area (Å²) in [6.07, 6.45) is 1.99. The van der Waals surface area contributed by atoms with Gasteiger partial charge in [0.15, 0.2) is 11.4 Å². The minimum atomic E-state index is -0.521. The van der Waals surface area contributed by atoms with Crippen molar-refractivity contribution >= 4 is 29.1 Å². The first kappa shape index (κ1) is 34.0. The van der Waals surface area contributed by atoms with Gasteiger partial charge in [0.25, 0.3) is 5.91 Å². The van der Waals surface area contributed by atoms with Crippen LogP contribution in [-0.4, -0.2) is 87.2 Å². The lowest BCUT2D eigenvalue weighted by atomic mass is 10.1. The van der Waals surface area contributed by atoms with Crippen LogP contribution in [0.5, 0.6) is 11.5 Å². The molecule has 0 spiro atoms. The van der Waals surface area contributed by atoms with Crippen LogP contribution in [0.15, 0.2) is 84.9 Å². The Balaban J connectivity index is 1.03. The smallest absolute Gasteiger partial charge is 0.310 e. The molecule has 50 heavy (non-hydrogen) atoms. The first-order chi connectivity index (χ1) is 24.2. The van der Waals surface area contributed by atoms with Crippen molar-refractivity contribution in [2.75, 3.05) is 38.5 Å². The second-order valence-corrected chi connectivity index (χ2v) is 12.3. The average molecular weight is 682 g/mol. The molecule has 0 atom stereocenters. The number of amides is 3. The summed E-state index contributed by atoms with van der Waals surface area (Å²) in [6, 6.07) is 24.5. The summed E-state index contributed by atoms with van der Waals surface area (Å²) in [6.45, 7) is 1.52. The molecule has 2 aliphatic rings. The molecule has 2 saturated heterocycles. The van der Waals surface area contributed by atoms with Crippen molar-refractivity contribution in [1.29, 1.82) is 0 Å². The standard InChI is InChI=1S/C36H39N7O7/c37-28-10-4-6-12-32(28)49-26-14-18-40(19-15-26)34(44)23-38-36(46)29-22-31(25-8-2-1-3-9-25)42(39-29)24-35(45)41-20-16-27(17-21-41)50-33-13-7-5-11-30(33)43(47)48/h1-13,22,26-27H,14-21,23-24,37H2,(H,38,46). The number of nitro benzene ring substituents is 1. The number of ether oxygens (including phenoxy) is 2. The zero-order valence-electron chi connectivity index (χ0n) is 27.5. The zero-order chi connectivity index (χ0) is 35.0. The van der Waals surface area contributed by atoms with Crippen molar-refractivity contribution in [3.05, 3.63) is 101 Å². The van der Waals surface area contributed by atoms with Gasteiger partial charge in [-0.25, -0.2) is 0 Å². The summed E-state index contributed by atoms with van der Waals surface area (Å²) in [7, 11) is 0. The minimum Gasteiger partial charge on any atom is -0.488 e. The highest BCUT2D eigenvalue weighted by atomic mass is 16.6. The molecule has 3 heterocycles. The van der Waals surface area contributed by atoms with Crippen molar-refractivity contribution in [3.8, 4) is 22.8 Å². The van der Waals surface area contributed by atoms with E-state index in [0.717, 1.165) is 5.56 Å². The van der Waals surface area contributed by atoms with E-state index in [9.17, 15) is 24.5 Å². The molecule has 0 radical (unpaired) electrons. The van der Waals surface area contributed by atoms with Crippen LogP contribution < -0.4 is 20.5 Å². The molecule has 3 amide bonds. The van der Waals surface area contributed by atoms with Crippen molar-refractivity contribution < 1.29 is 28.8 Å². The van der Waals surface area contributed by atoms with Gasteiger partial charge in [0, 0.05) is 57.9 Å². The number of carbonyl (C=O) groups is 3. The minimum absolute atomic E-state index is 0.0561. The number of nitro groups is 1. The molecule has 2 fully saturated rings. The number of para-hydroxylation sites is 4. The van der Waals surface area contributed by atoms with Crippen LogP contribution in [0.3, 0.4) is 0 Å². The van der Waals surface area contributed by atoms with Gasteiger partial charge in [0.05, 0.1) is 22.8 Å². The lowest BCUT2D eigenvalue weighted by Crippen LogP contribution is -2.46. The third-order valence-corrected chi connectivity index (χ3v) is 8.92. The summed E-state index contributed by atoms with van der Waals surface area (Å²) in [4.78, 5) is 53.9. The Hall–Kier alpha value is -5.92. The van der Waals surface area contributed by atoms with Gasteiger partial charge in [-0.15, -0.1) is 0 Å². The summed E-state index contributed by atoms with van der Waals surface area (Å²) in [5, 5.41) is 18.5. The Labute approximate surface area is 288 Å². The number of rotatable bonds is 11. The SMILES string of the molecule is Nc1ccccc1OC1CCN(C(=O)CNC(=O)c2cc(-c3ccccc3)n(CC(=O)N3CCC(Oc4ccccc4[N+](=O)[O-])CC3)n2)CC1. The van der Waals surface area contributed by atoms with E-state index in [1.165, 1.54) is 10.7 Å². The number of benzene rings is 3. The number of piperidine rings is 2. The molecule has 0 aliphatic carbocycles. The summed E-state index contributed by atoms with van der Waals surface area (Å²) in [5.41, 5.74) is 7.93. The highest BCUT2D eigenvalue weighted by molar-refractivity contribution is 5.96. The van der Waals surface area contributed by atoms with E-state index in [2.05, 4.69) is 10.4 Å². The highest BCUT2D eigenvalue weighted by Gasteiger charge is 2.28. The number of aromatic nitrogens is 2. The molecule has 2 aliphatic heterocycles. The Bertz CT molecular complexity index is 1830. The molecular weight excluding hydrogens is 642 g/mol. The van der Waals surface area contributed by atoms with Gasteiger partial charge in [-0.3, -0.25) is 29.2 Å². The van der Waals surface area contributed by atoms with Crippen molar-refractivity contribution in [1.82, 2.24) is 24.9 Å². The van der Waals surface area contributed by atoms with E-state index in [4.69, 9.17) is 15.2 Å². The van der Waals surface area contributed by atoms with Gasteiger partial charge in [-0.1, -0.05) is 54.6 Å². The fraction of sp³-hybridized carbons (Fsp3) is 0.333. The fourth-order valence-corrected chi connectivity index (χ4v) is 6.18. The molecule has 3 aromatic carbocycles. The number of nitrogen functional groups attached to an aromatic ring is 1. The molecule has 6 rings (SSSR count). The van der Waals surface area contributed by atoms with E-state index in [0.29, 0.717) is 69.0 Å². The van der Waals surface area contributed by atoms with Crippen LogP contribution in [0.25, 0.3) is 11.3 Å². The first-order valence-corrected chi connectivity index (χ1v) is 16.6. The molecule has 0 bridgehead atoms. The van der Waals surface area contributed by atoms with Gasteiger partial charge in [-0.05, 0) is 29.8 Å². The second kappa shape index (κ2) is 15.5. The largest absolute Gasteiger partial charge is 0.488 e. The summed E-state index contributed by atoms with van der Waals surface area (Å²) >= 11 is 0. The van der Waals surface area contributed by atoms with Crippen LogP contribution >= 0.6 is 0 Å². The Morgan fingerprint density at radius 3 is 2.00 bits per heavy atom. The predicted octanol–water partition coefficient (Wildman–Crippen LogP) is 3.91. The maximum Gasteiger partial charge on any atom is 0.310 e. The predicted molar refractivity (Wildman–Crippen MR) is 184 cm³/mol. The molecule has 0 saturated carbocycles. The molecular formula is C36H39N7O7. The van der Waals surface area contributed by atoms with Crippen LogP contribution in [0.4, 0.5) is 11.4 Å². The third-order valence-electron chi connectivity index (χ3n) is 8.92. The Kier molecular flexibility index (Phi) is 10.6. The monoisotopic (exact) mass is 681 g/mol. The van der Waals surface area contributed by atoms with Crippen LogP contribution in [-0.2, 0) is 16.1 Å². The molecule has 14 heteroatoms. The van der Waals surface area contributed by atoms with E-state index in [1.54, 1.807) is 40.1 Å². The summed E-state index contributed by atoms with van der Waals surface area (Å²) < 4.78 is 13.5. The second-order valence-electron chi connectivity index (χ2n) is 12.3. The quantitative estimate of drug-likeness (QED) is 0.135. The average Bonchev–Trinajstić information content (AvgIpc) is 3.56. The van der Waals surface area contributed by atoms with E-state index in [-0.39, 0.29) is 54.2 Å². The highest BCUT2D eigenvalue weighted by Crippen LogP contribution is 2.29. The van der Waals surface area contributed by atoms with Gasteiger partial charge in [-0.2, -0.15) is 5.10 Å². The van der Waals surface area contributed by atoms with E-state index in [1.807, 2.05) is 48.5 Å². The lowest BCUT2D eigenvalue weighted by Gasteiger charge is -2.32. The van der Waals surface area contributed by atoms with Crippen molar-refractivity contribution in [2.45, 2.75) is 44.4 Å². The normalized spacial score (nSPS) is 15.4. The molecule has 4 aromatic rings. The Morgan fingerprint density at radius 2 is 1.36 bits per heavy atom.